The van der Waals surface area contributed by atoms with Crippen LogP contribution in [0.1, 0.15) is 25.0 Å². The Labute approximate surface area is 236 Å². The van der Waals surface area contributed by atoms with Gasteiger partial charge in [-0.25, -0.2) is 0 Å². The number of carbonyl (C=O) groups is 2. The van der Waals surface area contributed by atoms with Crippen molar-refractivity contribution in [3.8, 4) is 5.75 Å². The standard InChI is InChI=1S/C28H29Cl2IN2O3/c1-19(2)16-32-28(35)26(15-20-6-4-3-5-7-20)33(17-21-8-13-24(29)25(30)14-21)27(34)18-36-23-11-9-22(31)10-12-23/h3-14,19,26H,15-18H2,1-2H3,(H,32,35). The van der Waals surface area contributed by atoms with Crippen molar-refractivity contribution >= 4 is 57.6 Å². The molecule has 0 heterocycles. The number of nitrogens with one attached hydrogen (secondary N) is 1. The molecular formula is C28H29Cl2IN2O3. The van der Waals surface area contributed by atoms with E-state index in [9.17, 15) is 9.59 Å². The maximum Gasteiger partial charge on any atom is 0.261 e. The summed E-state index contributed by atoms with van der Waals surface area (Å²) in [5, 5.41) is 3.82. The van der Waals surface area contributed by atoms with E-state index in [2.05, 4.69) is 27.9 Å². The summed E-state index contributed by atoms with van der Waals surface area (Å²) in [7, 11) is 0. The van der Waals surface area contributed by atoms with Gasteiger partial charge in [-0.1, -0.05) is 73.4 Å². The third-order valence-corrected chi connectivity index (χ3v) is 6.93. The molecular weight excluding hydrogens is 610 g/mol. The van der Waals surface area contributed by atoms with Crippen LogP contribution < -0.4 is 10.1 Å². The van der Waals surface area contributed by atoms with Crippen LogP contribution in [0.25, 0.3) is 0 Å². The topological polar surface area (TPSA) is 58.6 Å². The maximum absolute atomic E-state index is 13.6. The molecule has 0 saturated heterocycles. The Hall–Kier alpha value is -2.29. The summed E-state index contributed by atoms with van der Waals surface area (Å²) in [5.74, 6) is 0.340. The Bertz CT molecular complexity index is 1160. The Kier molecular flexibility index (Phi) is 10.9. The third-order valence-electron chi connectivity index (χ3n) is 5.47. The normalized spacial score (nSPS) is 11.7. The lowest BCUT2D eigenvalue weighted by molar-refractivity contribution is -0.142. The number of nitrogens with zero attached hydrogens (tertiary/aromatic N) is 1. The van der Waals surface area contributed by atoms with Gasteiger partial charge in [0, 0.05) is 23.1 Å². The minimum absolute atomic E-state index is 0.179. The summed E-state index contributed by atoms with van der Waals surface area (Å²) in [6, 6.07) is 21.6. The van der Waals surface area contributed by atoms with Crippen LogP contribution in [-0.2, 0) is 22.6 Å². The molecule has 1 N–H and O–H groups in total. The number of hydrogen-bond donors (Lipinski definition) is 1. The van der Waals surface area contributed by atoms with E-state index in [1.807, 2.05) is 68.4 Å². The van der Waals surface area contributed by atoms with E-state index in [0.717, 1.165) is 14.7 Å². The number of rotatable bonds is 11. The highest BCUT2D eigenvalue weighted by atomic mass is 127. The smallest absolute Gasteiger partial charge is 0.261 e. The lowest BCUT2D eigenvalue weighted by Crippen LogP contribution is -2.52. The van der Waals surface area contributed by atoms with Crippen molar-refractivity contribution in [2.24, 2.45) is 5.92 Å². The number of hydrogen-bond acceptors (Lipinski definition) is 3. The average Bonchev–Trinajstić information content (AvgIpc) is 2.86. The first-order valence-corrected chi connectivity index (χ1v) is 13.5. The van der Waals surface area contributed by atoms with Crippen LogP contribution in [0.5, 0.6) is 5.75 Å². The van der Waals surface area contributed by atoms with Gasteiger partial charge in [0.1, 0.15) is 11.8 Å². The molecule has 3 aromatic carbocycles. The molecule has 190 valence electrons. The minimum Gasteiger partial charge on any atom is -0.484 e. The zero-order valence-electron chi connectivity index (χ0n) is 20.2. The molecule has 3 rings (SSSR count). The van der Waals surface area contributed by atoms with Gasteiger partial charge in [-0.05, 0) is 76.0 Å². The van der Waals surface area contributed by atoms with E-state index >= 15 is 0 Å². The van der Waals surface area contributed by atoms with E-state index in [1.165, 1.54) is 0 Å². The third kappa shape index (κ3) is 8.68. The Morgan fingerprint density at radius 2 is 1.64 bits per heavy atom. The number of ether oxygens (including phenoxy) is 1. The lowest BCUT2D eigenvalue weighted by atomic mass is 10.0. The van der Waals surface area contributed by atoms with Gasteiger partial charge in [-0.2, -0.15) is 0 Å². The van der Waals surface area contributed by atoms with Crippen LogP contribution in [0.15, 0.2) is 72.8 Å². The second kappa shape index (κ2) is 13.9. The predicted octanol–water partition coefficient (Wildman–Crippen LogP) is 6.39. The molecule has 0 radical (unpaired) electrons. The van der Waals surface area contributed by atoms with Gasteiger partial charge < -0.3 is 15.0 Å². The fourth-order valence-electron chi connectivity index (χ4n) is 3.57. The first-order valence-electron chi connectivity index (χ1n) is 11.7. The van der Waals surface area contributed by atoms with E-state index in [0.29, 0.717) is 28.8 Å². The summed E-state index contributed by atoms with van der Waals surface area (Å²) in [6.45, 7) is 4.54. The summed E-state index contributed by atoms with van der Waals surface area (Å²) in [4.78, 5) is 28.6. The second-order valence-electron chi connectivity index (χ2n) is 8.86. The highest BCUT2D eigenvalue weighted by Gasteiger charge is 2.31. The zero-order valence-corrected chi connectivity index (χ0v) is 23.9. The van der Waals surface area contributed by atoms with Crippen molar-refractivity contribution in [2.45, 2.75) is 32.9 Å². The van der Waals surface area contributed by atoms with Gasteiger partial charge in [0.05, 0.1) is 10.0 Å². The van der Waals surface area contributed by atoms with Gasteiger partial charge in [0.15, 0.2) is 6.61 Å². The SMILES string of the molecule is CC(C)CNC(=O)C(Cc1ccccc1)N(Cc1ccc(Cl)c(Cl)c1)C(=O)COc1ccc(I)cc1. The van der Waals surface area contributed by atoms with E-state index < -0.39 is 6.04 Å². The van der Waals surface area contributed by atoms with Gasteiger partial charge in [-0.15, -0.1) is 0 Å². The average molecular weight is 639 g/mol. The van der Waals surface area contributed by atoms with Crippen LogP contribution in [0, 0.1) is 9.49 Å². The molecule has 2 amide bonds. The molecule has 0 aromatic heterocycles. The highest BCUT2D eigenvalue weighted by molar-refractivity contribution is 14.1. The summed E-state index contributed by atoms with van der Waals surface area (Å²) >= 11 is 14.6. The maximum atomic E-state index is 13.6. The summed E-state index contributed by atoms with van der Waals surface area (Å²) < 4.78 is 6.86. The Morgan fingerprint density at radius 1 is 0.944 bits per heavy atom. The van der Waals surface area contributed by atoms with Crippen molar-refractivity contribution in [1.82, 2.24) is 10.2 Å². The molecule has 0 spiro atoms. The summed E-state index contributed by atoms with van der Waals surface area (Å²) in [6.07, 6.45) is 0.362. The van der Waals surface area contributed by atoms with Crippen LogP contribution in [-0.4, -0.2) is 35.9 Å². The Morgan fingerprint density at radius 3 is 2.28 bits per heavy atom. The van der Waals surface area contributed by atoms with Crippen molar-refractivity contribution in [2.75, 3.05) is 13.2 Å². The number of carbonyl (C=O) groups excluding carboxylic acids is 2. The number of halogens is 3. The zero-order chi connectivity index (χ0) is 26.1. The largest absolute Gasteiger partial charge is 0.484 e. The molecule has 1 atom stereocenters. The van der Waals surface area contributed by atoms with Gasteiger partial charge in [0.2, 0.25) is 5.91 Å². The molecule has 5 nitrogen and oxygen atoms in total. The van der Waals surface area contributed by atoms with E-state index in [-0.39, 0.29) is 30.9 Å². The minimum atomic E-state index is -0.742. The first kappa shape index (κ1) is 28.3. The van der Waals surface area contributed by atoms with Crippen LogP contribution in [0.2, 0.25) is 10.0 Å². The Balaban J connectivity index is 1.91. The summed E-state index contributed by atoms with van der Waals surface area (Å²) in [5.41, 5.74) is 1.72. The van der Waals surface area contributed by atoms with Crippen molar-refractivity contribution in [3.05, 3.63) is 97.5 Å². The molecule has 3 aromatic rings. The van der Waals surface area contributed by atoms with Crippen LogP contribution in [0.4, 0.5) is 0 Å². The van der Waals surface area contributed by atoms with Gasteiger partial charge >= 0.3 is 0 Å². The molecule has 0 bridgehead atoms. The highest BCUT2D eigenvalue weighted by Crippen LogP contribution is 2.24. The second-order valence-corrected chi connectivity index (χ2v) is 10.9. The van der Waals surface area contributed by atoms with E-state index in [1.54, 1.807) is 23.1 Å². The molecule has 36 heavy (non-hydrogen) atoms. The molecule has 8 heteroatoms. The molecule has 0 aliphatic heterocycles. The van der Waals surface area contributed by atoms with Crippen LogP contribution >= 0.6 is 45.8 Å². The lowest BCUT2D eigenvalue weighted by Gasteiger charge is -2.31. The fraction of sp³-hybridized carbons (Fsp3) is 0.286. The quantitative estimate of drug-likeness (QED) is 0.248. The van der Waals surface area contributed by atoms with E-state index in [4.69, 9.17) is 27.9 Å². The van der Waals surface area contributed by atoms with Crippen molar-refractivity contribution in [1.29, 1.82) is 0 Å². The fourth-order valence-corrected chi connectivity index (χ4v) is 4.25. The van der Waals surface area contributed by atoms with Gasteiger partial charge in [-0.3, -0.25) is 9.59 Å². The molecule has 0 aliphatic rings. The molecule has 0 aliphatic carbocycles. The van der Waals surface area contributed by atoms with Crippen LogP contribution in [0.3, 0.4) is 0 Å². The number of benzene rings is 3. The van der Waals surface area contributed by atoms with Crippen molar-refractivity contribution < 1.29 is 14.3 Å². The molecule has 1 unspecified atom stereocenters. The monoisotopic (exact) mass is 638 g/mol. The predicted molar refractivity (Wildman–Crippen MR) is 153 cm³/mol. The first-order chi connectivity index (χ1) is 17.2. The number of amides is 2. The molecule has 0 saturated carbocycles. The molecule has 0 fully saturated rings. The van der Waals surface area contributed by atoms with Crippen molar-refractivity contribution in [3.63, 3.8) is 0 Å². The van der Waals surface area contributed by atoms with Gasteiger partial charge in [0.25, 0.3) is 5.91 Å².